The van der Waals surface area contributed by atoms with E-state index in [1.165, 1.54) is 0 Å². The van der Waals surface area contributed by atoms with Gasteiger partial charge in [0.25, 0.3) is 0 Å². The molecule has 0 aliphatic carbocycles. The molecule has 1 N–H and O–H groups in total. The molecule has 0 aromatic carbocycles. The van der Waals surface area contributed by atoms with Gasteiger partial charge in [0.15, 0.2) is 0 Å². The molecule has 0 heterocycles. The minimum absolute atomic E-state index is 0.743. The van der Waals surface area contributed by atoms with Gasteiger partial charge in [-0.2, -0.15) is 0 Å². The zero-order valence-corrected chi connectivity index (χ0v) is 9.63. The van der Waals surface area contributed by atoms with Crippen molar-refractivity contribution in [1.29, 1.82) is 0 Å². The van der Waals surface area contributed by atoms with E-state index in [2.05, 4.69) is 67.8 Å². The largest absolute Gasteiger partial charge is 0.400 e. The summed E-state index contributed by atoms with van der Waals surface area (Å²) in [5.74, 6) is 0. The highest BCUT2D eigenvalue weighted by molar-refractivity contribution is 14.3. The summed E-state index contributed by atoms with van der Waals surface area (Å²) in [6, 6.07) is 0. The number of rotatable bonds is 0. The summed E-state index contributed by atoms with van der Waals surface area (Å²) in [4.78, 5) is 0. The molecule has 0 saturated heterocycles. The van der Waals surface area contributed by atoms with E-state index < -0.39 is 0 Å². The normalized spacial score (nSPS) is 7.00. The minimum atomic E-state index is 0.743. The Morgan fingerprint density at radius 3 is 1.17 bits per heavy atom. The Balaban J connectivity index is 0. The molecule has 40 valence electrons. The molecule has 0 aliphatic rings. The van der Waals surface area contributed by atoms with Crippen LogP contribution >= 0.6 is 67.8 Å². The van der Waals surface area contributed by atoms with Gasteiger partial charge in [0.2, 0.25) is 0 Å². The quantitative estimate of drug-likeness (QED) is 0.466. The average molecular weight is 426 g/mol. The van der Waals surface area contributed by atoms with Crippen LogP contribution in [0.1, 0.15) is 0 Å². The van der Waals surface area contributed by atoms with Crippen LogP contribution < -0.4 is 0 Å². The second-order valence-corrected chi connectivity index (χ2v) is 11.1. The van der Waals surface area contributed by atoms with Gasteiger partial charge in [0.1, 0.15) is -0.0619 Å². The molecular formula is C2H5I3O. The first-order valence-electron chi connectivity index (χ1n) is 1.10. The minimum Gasteiger partial charge on any atom is -0.400 e. The van der Waals surface area contributed by atoms with E-state index >= 15 is 0 Å². The molecule has 0 rings (SSSR count). The van der Waals surface area contributed by atoms with Gasteiger partial charge in [-0.3, -0.25) is 0 Å². The third-order valence-corrected chi connectivity index (χ3v) is 0. The monoisotopic (exact) mass is 426 g/mol. The number of hydrogen-bond donors (Lipinski definition) is 1. The van der Waals surface area contributed by atoms with Gasteiger partial charge in [0, 0.05) is 7.11 Å². The van der Waals surface area contributed by atoms with Crippen molar-refractivity contribution < 1.29 is 5.11 Å². The molecule has 0 aromatic rings. The molecule has 0 atom stereocenters. The molecule has 4 heteroatoms. The van der Waals surface area contributed by atoms with E-state index in [-0.39, 0.29) is 0 Å². The molecule has 0 fully saturated rings. The topological polar surface area (TPSA) is 20.2 Å². The lowest BCUT2D eigenvalue weighted by Crippen LogP contribution is -1.47. The summed E-state index contributed by atoms with van der Waals surface area (Å²) in [7, 11) is 1.00. The molecule has 0 amide bonds. The number of aliphatic hydroxyl groups excluding tert-OH is 1. The van der Waals surface area contributed by atoms with Crippen LogP contribution in [0.4, 0.5) is 0 Å². The Morgan fingerprint density at radius 1 is 1.17 bits per heavy atom. The molecule has 0 bridgehead atoms. The van der Waals surface area contributed by atoms with E-state index in [1.807, 2.05) is 0 Å². The summed E-state index contributed by atoms with van der Waals surface area (Å²) >= 11 is 6.95. The fourth-order valence-electron chi connectivity index (χ4n) is 0. The highest BCUT2D eigenvalue weighted by Crippen LogP contribution is 2.16. The Bertz CT molecular complexity index is 13.5. The van der Waals surface area contributed by atoms with Crippen molar-refractivity contribution >= 4 is 67.8 Å². The van der Waals surface area contributed by atoms with Crippen LogP contribution in [0.15, 0.2) is 0 Å². The number of halogens is 3. The van der Waals surface area contributed by atoms with Gasteiger partial charge in [-0.05, 0) is 0 Å². The third-order valence-electron chi connectivity index (χ3n) is 0. The smallest absolute Gasteiger partial charge is 0.114 e. The van der Waals surface area contributed by atoms with E-state index in [0.29, 0.717) is 0 Å². The van der Waals surface area contributed by atoms with Crippen LogP contribution in [0.5, 0.6) is 0 Å². The summed E-state index contributed by atoms with van der Waals surface area (Å²) in [5.41, 5.74) is 0. The fraction of sp³-hybridized carbons (Fsp3) is 1.00. The van der Waals surface area contributed by atoms with E-state index in [9.17, 15) is 0 Å². The summed E-state index contributed by atoms with van der Waals surface area (Å²) < 4.78 is 0.743. The Kier molecular flexibility index (Phi) is 18.7. The molecule has 0 aliphatic heterocycles. The average Bonchev–Trinajstić information content (AvgIpc) is 1.41. The van der Waals surface area contributed by atoms with Gasteiger partial charge < -0.3 is 5.11 Å². The number of aliphatic hydroxyl groups is 1. The summed E-state index contributed by atoms with van der Waals surface area (Å²) in [6.07, 6.45) is 0. The summed E-state index contributed by atoms with van der Waals surface area (Å²) in [5, 5.41) is 7.00. The van der Waals surface area contributed by atoms with Gasteiger partial charge in [-0.15, -0.1) is 0 Å². The first-order valence-corrected chi connectivity index (χ1v) is 4.84. The van der Waals surface area contributed by atoms with E-state index in [4.69, 9.17) is 5.11 Å². The third kappa shape index (κ3) is 35.3. The zero-order chi connectivity index (χ0) is 5.58. The molecule has 0 spiro atoms. The van der Waals surface area contributed by atoms with Gasteiger partial charge >= 0.3 is 0 Å². The SMILES string of the molecule is CO.IC(I)I. The van der Waals surface area contributed by atoms with Crippen LogP contribution in [0.25, 0.3) is 0 Å². The van der Waals surface area contributed by atoms with Crippen molar-refractivity contribution in [3.8, 4) is 0 Å². The maximum Gasteiger partial charge on any atom is 0.114 e. The van der Waals surface area contributed by atoms with E-state index in [0.717, 1.165) is 7.05 Å². The Hall–Kier alpha value is 2.15. The highest BCUT2D eigenvalue weighted by atomic mass is 127. The maximum absolute atomic E-state index is 7.00. The lowest BCUT2D eigenvalue weighted by Gasteiger charge is -1.71. The van der Waals surface area contributed by atoms with Crippen LogP contribution in [-0.4, -0.2) is 12.2 Å². The fourth-order valence-corrected chi connectivity index (χ4v) is 0. The zero-order valence-electron chi connectivity index (χ0n) is 3.16. The maximum atomic E-state index is 7.00. The molecule has 0 saturated carbocycles. The predicted octanol–water partition coefficient (Wildman–Crippen LogP) is 2.18. The highest BCUT2D eigenvalue weighted by Gasteiger charge is 1.76. The molecule has 6 heavy (non-hydrogen) atoms. The van der Waals surface area contributed by atoms with Crippen molar-refractivity contribution in [3.63, 3.8) is 0 Å². The molecule has 0 unspecified atom stereocenters. The van der Waals surface area contributed by atoms with Crippen LogP contribution in [-0.2, 0) is 0 Å². The second kappa shape index (κ2) is 10.2. The van der Waals surface area contributed by atoms with Gasteiger partial charge in [-0.25, -0.2) is 0 Å². The summed E-state index contributed by atoms with van der Waals surface area (Å²) in [6.45, 7) is 0. The van der Waals surface area contributed by atoms with Crippen molar-refractivity contribution in [2.75, 3.05) is 7.11 Å². The van der Waals surface area contributed by atoms with Crippen molar-refractivity contribution in [2.24, 2.45) is 0 Å². The second-order valence-electron chi connectivity index (χ2n) is 0.247. The van der Waals surface area contributed by atoms with Crippen molar-refractivity contribution in [3.05, 3.63) is 0 Å². The standard InChI is InChI=1S/CHI3.CH4O/c2-1(3)4;1-2/h1H;2H,1H3. The lowest BCUT2D eigenvalue weighted by atomic mass is 11.8. The van der Waals surface area contributed by atoms with Crippen molar-refractivity contribution in [2.45, 2.75) is -0.0619 Å². The predicted molar refractivity (Wildman–Crippen MR) is 54.0 cm³/mol. The first-order chi connectivity index (χ1) is 2.73. The number of hydrogen-bond acceptors (Lipinski definition) is 1. The first kappa shape index (κ1) is 11.0. The Labute approximate surface area is 78.7 Å². The molecule has 1 nitrogen and oxygen atoms in total. The van der Waals surface area contributed by atoms with Gasteiger partial charge in [-0.1, -0.05) is 67.8 Å². The molecule has 0 aromatic heterocycles. The van der Waals surface area contributed by atoms with Crippen LogP contribution in [0.2, 0.25) is 0 Å². The van der Waals surface area contributed by atoms with Crippen LogP contribution in [0.3, 0.4) is 0 Å². The van der Waals surface area contributed by atoms with Crippen molar-refractivity contribution in [1.82, 2.24) is 0 Å². The van der Waals surface area contributed by atoms with Gasteiger partial charge in [0.05, 0.1) is 0 Å². The Morgan fingerprint density at radius 2 is 1.17 bits per heavy atom. The molecular weight excluding hydrogens is 421 g/mol. The molecule has 0 radical (unpaired) electrons. The van der Waals surface area contributed by atoms with Crippen LogP contribution in [0, 0.1) is 0 Å². The van der Waals surface area contributed by atoms with E-state index in [1.54, 1.807) is 0 Å². The number of alkyl halides is 3. The lowest BCUT2D eigenvalue weighted by molar-refractivity contribution is 0.399.